The van der Waals surface area contributed by atoms with E-state index in [1.54, 1.807) is 0 Å². The number of aryl methyl sites for hydroxylation is 2. The SMILES string of the molecule is Cc1ccc(CC(Br)(Br)S(=O)(=O)C(Br)(Br)Cc2ccc(C)cc2)cc1. The number of alkyl halides is 4. The molecule has 0 aliphatic heterocycles. The van der Waals surface area contributed by atoms with Gasteiger partial charge in [0.05, 0.1) is 0 Å². The highest BCUT2D eigenvalue weighted by molar-refractivity contribution is 9.31. The zero-order chi connectivity index (χ0) is 18.9. The number of hydrogen-bond acceptors (Lipinski definition) is 2. The van der Waals surface area contributed by atoms with Gasteiger partial charge in [-0.05, 0) is 25.0 Å². The summed E-state index contributed by atoms with van der Waals surface area (Å²) in [5.74, 6) is 0. The molecule has 25 heavy (non-hydrogen) atoms. The third-order valence-corrected chi connectivity index (χ3v) is 11.9. The van der Waals surface area contributed by atoms with Crippen LogP contribution >= 0.6 is 63.7 Å². The minimum Gasteiger partial charge on any atom is -0.224 e. The Morgan fingerprint density at radius 2 is 0.960 bits per heavy atom. The van der Waals surface area contributed by atoms with Crippen LogP contribution in [0.25, 0.3) is 0 Å². The molecule has 0 fully saturated rings. The molecule has 2 aromatic rings. The molecule has 0 N–H and O–H groups in total. The molecular formula is C18H18Br4O2S. The Morgan fingerprint density at radius 1 is 0.680 bits per heavy atom. The Morgan fingerprint density at radius 3 is 1.24 bits per heavy atom. The van der Waals surface area contributed by atoms with Gasteiger partial charge in [-0.1, -0.05) is 123 Å². The molecule has 7 heteroatoms. The molecular weight excluding hydrogens is 600 g/mol. The third-order valence-electron chi connectivity index (χ3n) is 3.85. The number of sulfone groups is 1. The minimum atomic E-state index is -3.69. The van der Waals surface area contributed by atoms with Gasteiger partial charge in [0.15, 0.2) is 5.13 Å². The summed E-state index contributed by atoms with van der Waals surface area (Å²) < 4.78 is 23.9. The fourth-order valence-electron chi connectivity index (χ4n) is 2.30. The molecule has 2 nitrogen and oxygen atoms in total. The van der Waals surface area contributed by atoms with Crippen molar-refractivity contribution < 1.29 is 8.42 Å². The summed E-state index contributed by atoms with van der Waals surface area (Å²) in [6.45, 7) is 4.00. The highest BCUT2D eigenvalue weighted by atomic mass is 79.9. The quantitative estimate of drug-likeness (QED) is 0.352. The molecule has 0 amide bonds. The van der Waals surface area contributed by atoms with Crippen LogP contribution in [-0.4, -0.2) is 13.5 Å². The lowest BCUT2D eigenvalue weighted by atomic mass is 10.1. The van der Waals surface area contributed by atoms with Gasteiger partial charge in [-0.25, -0.2) is 8.42 Å². The molecule has 0 bridgehead atoms. The zero-order valence-electron chi connectivity index (χ0n) is 13.8. The van der Waals surface area contributed by atoms with Crippen LogP contribution in [0.4, 0.5) is 0 Å². The standard InChI is InChI=1S/C18H18Br4O2S/c1-13-3-7-15(8-4-13)11-17(19,20)25(23,24)18(21,22)12-16-9-5-14(2)6-10-16/h3-10H,11-12H2,1-2H3. The minimum absolute atomic E-state index is 0.294. The second-order valence-electron chi connectivity index (χ2n) is 6.10. The van der Waals surface area contributed by atoms with E-state index >= 15 is 0 Å². The first-order chi connectivity index (χ1) is 11.4. The first-order valence-corrected chi connectivity index (χ1v) is 12.2. The average molecular weight is 618 g/mol. The number of halogens is 4. The van der Waals surface area contributed by atoms with Crippen LogP contribution < -0.4 is 0 Å². The van der Waals surface area contributed by atoms with Crippen molar-refractivity contribution in [3.05, 3.63) is 70.8 Å². The molecule has 0 saturated heterocycles. The summed E-state index contributed by atoms with van der Waals surface area (Å²) in [6, 6.07) is 15.6. The van der Waals surface area contributed by atoms with E-state index in [9.17, 15) is 8.42 Å². The van der Waals surface area contributed by atoms with Gasteiger partial charge >= 0.3 is 0 Å². The van der Waals surface area contributed by atoms with Gasteiger partial charge < -0.3 is 0 Å². The van der Waals surface area contributed by atoms with Crippen molar-refractivity contribution in [3.8, 4) is 0 Å². The van der Waals surface area contributed by atoms with E-state index in [1.165, 1.54) is 0 Å². The van der Waals surface area contributed by atoms with Gasteiger partial charge in [0.25, 0.3) is 0 Å². The maximum atomic E-state index is 13.2. The lowest BCUT2D eigenvalue weighted by Gasteiger charge is -2.30. The van der Waals surface area contributed by atoms with Gasteiger partial charge in [-0.3, -0.25) is 0 Å². The van der Waals surface area contributed by atoms with E-state index in [2.05, 4.69) is 63.7 Å². The third kappa shape index (κ3) is 5.18. The second-order valence-corrected chi connectivity index (χ2v) is 18.1. The summed E-state index contributed by atoms with van der Waals surface area (Å²) >= 11 is 13.6. The van der Waals surface area contributed by atoms with Gasteiger partial charge in [0.1, 0.15) is 0 Å². The van der Waals surface area contributed by atoms with Crippen molar-refractivity contribution in [1.29, 1.82) is 0 Å². The molecule has 2 rings (SSSR count). The Labute approximate surface area is 183 Å². The molecule has 0 spiro atoms. The Kier molecular flexibility index (Phi) is 7.03. The molecule has 0 atom stereocenters. The summed E-state index contributed by atoms with van der Waals surface area (Å²) in [5, 5.41) is 0. The molecule has 2 aromatic carbocycles. The van der Waals surface area contributed by atoms with Crippen LogP contribution in [0.3, 0.4) is 0 Å². The first kappa shape index (κ1) is 21.6. The Balaban J connectivity index is 2.26. The molecule has 0 aromatic heterocycles. The predicted octanol–water partition coefficient (Wildman–Crippen LogP) is 6.39. The number of benzene rings is 2. The van der Waals surface area contributed by atoms with Gasteiger partial charge in [-0.2, -0.15) is 0 Å². The van der Waals surface area contributed by atoms with Gasteiger partial charge in [0, 0.05) is 12.8 Å². The van der Waals surface area contributed by atoms with Crippen LogP contribution in [-0.2, 0) is 22.7 Å². The Bertz CT molecular complexity index is 761. The van der Waals surface area contributed by atoms with Crippen LogP contribution in [0, 0.1) is 13.8 Å². The molecule has 0 saturated carbocycles. The first-order valence-electron chi connectivity index (χ1n) is 7.55. The van der Waals surface area contributed by atoms with Gasteiger partial charge in [-0.15, -0.1) is 0 Å². The summed E-state index contributed by atoms with van der Waals surface area (Å²) in [7, 11) is -3.69. The van der Waals surface area contributed by atoms with Gasteiger partial charge in [0.2, 0.25) is 9.84 Å². The van der Waals surface area contributed by atoms with E-state index in [0.717, 1.165) is 22.3 Å². The summed E-state index contributed by atoms with van der Waals surface area (Å²) in [5.41, 5.74) is 4.12. The van der Waals surface area contributed by atoms with Crippen molar-refractivity contribution in [2.45, 2.75) is 31.8 Å². The largest absolute Gasteiger partial charge is 0.224 e. The maximum Gasteiger partial charge on any atom is 0.202 e. The van der Waals surface area contributed by atoms with Crippen molar-refractivity contribution >= 4 is 73.6 Å². The zero-order valence-corrected chi connectivity index (χ0v) is 20.9. The smallest absolute Gasteiger partial charge is 0.202 e. The number of rotatable bonds is 6. The molecule has 136 valence electrons. The molecule has 0 unspecified atom stereocenters. The molecule has 0 radical (unpaired) electrons. The maximum absolute atomic E-state index is 13.2. The second kappa shape index (κ2) is 8.13. The van der Waals surface area contributed by atoms with Crippen LogP contribution in [0.5, 0.6) is 0 Å². The van der Waals surface area contributed by atoms with Crippen LogP contribution in [0.2, 0.25) is 0 Å². The summed E-state index contributed by atoms with van der Waals surface area (Å²) in [6.07, 6.45) is 0.588. The highest BCUT2D eigenvalue weighted by Gasteiger charge is 2.51. The topological polar surface area (TPSA) is 34.1 Å². The van der Waals surface area contributed by atoms with Crippen molar-refractivity contribution in [3.63, 3.8) is 0 Å². The van der Waals surface area contributed by atoms with E-state index in [1.807, 2.05) is 62.4 Å². The van der Waals surface area contributed by atoms with Crippen LogP contribution in [0.15, 0.2) is 48.5 Å². The fraction of sp³-hybridized carbons (Fsp3) is 0.333. The Hall–Kier alpha value is 0.310. The van der Waals surface area contributed by atoms with E-state index < -0.39 is 15.0 Å². The van der Waals surface area contributed by atoms with Crippen LogP contribution in [0.1, 0.15) is 22.3 Å². The predicted molar refractivity (Wildman–Crippen MR) is 120 cm³/mol. The molecule has 0 aliphatic rings. The van der Waals surface area contributed by atoms with Crippen molar-refractivity contribution in [2.75, 3.05) is 0 Å². The monoisotopic (exact) mass is 614 g/mol. The van der Waals surface area contributed by atoms with E-state index in [0.29, 0.717) is 12.8 Å². The van der Waals surface area contributed by atoms with E-state index in [4.69, 9.17) is 0 Å². The fourth-order valence-corrected chi connectivity index (χ4v) is 10.7. The lowest BCUT2D eigenvalue weighted by Crippen LogP contribution is -2.40. The molecule has 0 aliphatic carbocycles. The number of hydrogen-bond donors (Lipinski definition) is 0. The van der Waals surface area contributed by atoms with Crippen molar-refractivity contribution in [2.24, 2.45) is 0 Å². The summed E-state index contributed by atoms with van der Waals surface area (Å²) in [4.78, 5) is 0. The molecule has 0 heterocycles. The highest BCUT2D eigenvalue weighted by Crippen LogP contribution is 2.49. The normalized spacial score (nSPS) is 13.0. The van der Waals surface area contributed by atoms with Crippen molar-refractivity contribution in [1.82, 2.24) is 0 Å². The lowest BCUT2D eigenvalue weighted by molar-refractivity contribution is 0.585. The average Bonchev–Trinajstić information content (AvgIpc) is 2.51. The van der Waals surface area contributed by atoms with E-state index in [-0.39, 0.29) is 0 Å².